The van der Waals surface area contributed by atoms with E-state index in [1.54, 1.807) is 11.8 Å². The lowest BCUT2D eigenvalue weighted by molar-refractivity contribution is 0.0690. The summed E-state index contributed by atoms with van der Waals surface area (Å²) >= 11 is 1.61. The fourth-order valence-electron chi connectivity index (χ4n) is 1.24. The monoisotopic (exact) mass is 235 g/mol. The number of carbonyl (C=O) groups is 1. The van der Waals surface area contributed by atoms with Crippen molar-refractivity contribution in [3.8, 4) is 5.69 Å². The molecule has 0 saturated heterocycles. The molecule has 0 atom stereocenters. The number of thioether (sulfide) groups is 1. The number of carboxylic acids is 1. The molecule has 0 spiro atoms. The van der Waals surface area contributed by atoms with Gasteiger partial charge < -0.3 is 5.11 Å². The molecule has 5 nitrogen and oxygen atoms in total. The lowest BCUT2D eigenvalue weighted by atomic mass is 10.3. The minimum absolute atomic E-state index is 0.0606. The fraction of sp³-hybridized carbons (Fsp3) is 0.100. The van der Waals surface area contributed by atoms with Gasteiger partial charge in [0.1, 0.15) is 0 Å². The van der Waals surface area contributed by atoms with Crippen molar-refractivity contribution in [3.63, 3.8) is 0 Å². The lowest BCUT2D eigenvalue weighted by Gasteiger charge is -2.01. The van der Waals surface area contributed by atoms with Crippen LogP contribution in [0, 0.1) is 0 Å². The Labute approximate surface area is 96.1 Å². The Bertz CT molecular complexity index is 524. The Morgan fingerprint density at radius 3 is 2.94 bits per heavy atom. The van der Waals surface area contributed by atoms with Gasteiger partial charge in [-0.2, -0.15) is 0 Å². The van der Waals surface area contributed by atoms with Crippen molar-refractivity contribution in [3.05, 3.63) is 36.2 Å². The van der Waals surface area contributed by atoms with E-state index in [1.807, 2.05) is 30.5 Å². The number of hydrogen-bond donors (Lipinski definition) is 1. The molecule has 0 radical (unpaired) electrons. The largest absolute Gasteiger partial charge is 0.476 e. The summed E-state index contributed by atoms with van der Waals surface area (Å²) in [6.45, 7) is 0. The smallest absolute Gasteiger partial charge is 0.358 e. The number of aromatic carboxylic acids is 1. The summed E-state index contributed by atoms with van der Waals surface area (Å²) in [6.07, 6.45) is 3.37. The quantitative estimate of drug-likeness (QED) is 0.820. The molecule has 16 heavy (non-hydrogen) atoms. The van der Waals surface area contributed by atoms with Crippen LogP contribution in [0.5, 0.6) is 0 Å². The van der Waals surface area contributed by atoms with Crippen LogP contribution in [0.4, 0.5) is 0 Å². The summed E-state index contributed by atoms with van der Waals surface area (Å²) in [6, 6.07) is 7.64. The molecule has 1 aromatic carbocycles. The van der Waals surface area contributed by atoms with Crippen LogP contribution in [0.3, 0.4) is 0 Å². The van der Waals surface area contributed by atoms with Crippen molar-refractivity contribution in [1.29, 1.82) is 0 Å². The topological polar surface area (TPSA) is 68.0 Å². The van der Waals surface area contributed by atoms with E-state index in [1.165, 1.54) is 10.9 Å². The highest BCUT2D eigenvalue weighted by Crippen LogP contribution is 2.17. The molecule has 6 heteroatoms. The van der Waals surface area contributed by atoms with Crippen molar-refractivity contribution in [1.82, 2.24) is 15.0 Å². The van der Waals surface area contributed by atoms with Crippen molar-refractivity contribution in [2.75, 3.05) is 6.26 Å². The highest BCUT2D eigenvalue weighted by atomic mass is 32.2. The average molecular weight is 235 g/mol. The molecular weight excluding hydrogens is 226 g/mol. The number of rotatable bonds is 3. The van der Waals surface area contributed by atoms with Gasteiger partial charge in [0, 0.05) is 4.90 Å². The van der Waals surface area contributed by atoms with Crippen molar-refractivity contribution in [2.24, 2.45) is 0 Å². The molecule has 2 aromatic rings. The third-order valence-corrected chi connectivity index (χ3v) is 2.76. The molecule has 82 valence electrons. The van der Waals surface area contributed by atoms with Crippen LogP contribution in [0.1, 0.15) is 10.5 Å². The normalized spacial score (nSPS) is 10.3. The summed E-state index contributed by atoms with van der Waals surface area (Å²) in [5.74, 6) is -1.08. The molecule has 1 heterocycles. The molecule has 0 aliphatic heterocycles. The second kappa shape index (κ2) is 4.36. The molecule has 1 N–H and O–H groups in total. The molecule has 1 aromatic heterocycles. The van der Waals surface area contributed by atoms with Crippen LogP contribution in [0.25, 0.3) is 5.69 Å². The van der Waals surface area contributed by atoms with Crippen LogP contribution in [-0.2, 0) is 0 Å². The van der Waals surface area contributed by atoms with Crippen LogP contribution in [0.15, 0.2) is 35.4 Å². The first kappa shape index (κ1) is 10.7. The Kier molecular flexibility index (Phi) is 2.91. The van der Waals surface area contributed by atoms with Gasteiger partial charge in [0.2, 0.25) is 0 Å². The van der Waals surface area contributed by atoms with E-state index in [9.17, 15) is 4.79 Å². The summed E-state index contributed by atoms with van der Waals surface area (Å²) in [5.41, 5.74) is 0.737. The van der Waals surface area contributed by atoms with E-state index < -0.39 is 5.97 Å². The zero-order valence-corrected chi connectivity index (χ0v) is 9.31. The number of nitrogens with zero attached hydrogens (tertiary/aromatic N) is 3. The Morgan fingerprint density at radius 2 is 2.31 bits per heavy atom. The van der Waals surface area contributed by atoms with E-state index in [0.29, 0.717) is 0 Å². The first-order chi connectivity index (χ1) is 7.70. The van der Waals surface area contributed by atoms with Crippen molar-refractivity contribution < 1.29 is 9.90 Å². The number of benzene rings is 1. The standard InChI is InChI=1S/C10H9N3O2S/c1-16-8-4-2-3-7(5-8)13-6-9(10(14)15)11-12-13/h2-6H,1H3,(H,14,15). The fourth-order valence-corrected chi connectivity index (χ4v) is 1.69. The van der Waals surface area contributed by atoms with E-state index in [0.717, 1.165) is 10.6 Å². The second-order valence-corrected chi connectivity index (χ2v) is 3.93. The van der Waals surface area contributed by atoms with Gasteiger partial charge in [-0.1, -0.05) is 11.3 Å². The Morgan fingerprint density at radius 1 is 1.50 bits per heavy atom. The lowest BCUT2D eigenvalue weighted by Crippen LogP contribution is -1.96. The SMILES string of the molecule is CSc1cccc(-n2cc(C(=O)O)nn2)c1. The zero-order valence-electron chi connectivity index (χ0n) is 8.49. The van der Waals surface area contributed by atoms with Gasteiger partial charge in [-0.15, -0.1) is 16.9 Å². The van der Waals surface area contributed by atoms with Gasteiger partial charge in [0.05, 0.1) is 11.9 Å². The third kappa shape index (κ3) is 2.06. The highest BCUT2D eigenvalue weighted by molar-refractivity contribution is 7.98. The molecule has 2 rings (SSSR count). The van der Waals surface area contributed by atoms with E-state index in [4.69, 9.17) is 5.11 Å². The van der Waals surface area contributed by atoms with Gasteiger partial charge in [0.15, 0.2) is 5.69 Å². The Hall–Kier alpha value is -1.82. The van der Waals surface area contributed by atoms with Crippen molar-refractivity contribution >= 4 is 17.7 Å². The number of hydrogen-bond acceptors (Lipinski definition) is 4. The van der Waals surface area contributed by atoms with Gasteiger partial charge in [-0.25, -0.2) is 9.48 Å². The maximum absolute atomic E-state index is 10.6. The molecule has 0 aliphatic carbocycles. The number of carboxylic acid groups (broad SMARTS) is 1. The zero-order chi connectivity index (χ0) is 11.5. The molecular formula is C10H9N3O2S. The molecule has 0 amide bonds. The minimum atomic E-state index is -1.08. The summed E-state index contributed by atoms with van der Waals surface area (Å²) in [4.78, 5) is 11.7. The average Bonchev–Trinajstić information content (AvgIpc) is 2.78. The molecule has 0 saturated carbocycles. The first-order valence-corrected chi connectivity index (χ1v) is 5.73. The van der Waals surface area contributed by atoms with E-state index in [2.05, 4.69) is 10.3 Å². The molecule has 0 unspecified atom stereocenters. The third-order valence-electron chi connectivity index (χ3n) is 2.03. The van der Waals surface area contributed by atoms with Crippen molar-refractivity contribution in [2.45, 2.75) is 4.90 Å². The predicted octanol–water partition coefficient (Wildman–Crippen LogP) is 1.69. The van der Waals surface area contributed by atoms with Gasteiger partial charge in [-0.3, -0.25) is 0 Å². The predicted molar refractivity (Wildman–Crippen MR) is 60.1 cm³/mol. The van der Waals surface area contributed by atoms with Crippen LogP contribution >= 0.6 is 11.8 Å². The number of aromatic nitrogens is 3. The maximum atomic E-state index is 10.6. The van der Waals surface area contributed by atoms with Gasteiger partial charge >= 0.3 is 5.97 Å². The molecule has 0 fully saturated rings. The van der Waals surface area contributed by atoms with Crippen LogP contribution in [-0.4, -0.2) is 32.3 Å². The highest BCUT2D eigenvalue weighted by Gasteiger charge is 2.09. The minimum Gasteiger partial charge on any atom is -0.476 e. The second-order valence-electron chi connectivity index (χ2n) is 3.05. The summed E-state index contributed by atoms with van der Waals surface area (Å²) in [7, 11) is 0. The summed E-state index contributed by atoms with van der Waals surface area (Å²) < 4.78 is 1.45. The van der Waals surface area contributed by atoms with E-state index in [-0.39, 0.29) is 5.69 Å². The van der Waals surface area contributed by atoms with Crippen LogP contribution in [0.2, 0.25) is 0 Å². The summed E-state index contributed by atoms with van der Waals surface area (Å²) in [5, 5.41) is 16.0. The first-order valence-electron chi connectivity index (χ1n) is 4.51. The molecule has 0 aliphatic rings. The van der Waals surface area contributed by atoms with Gasteiger partial charge in [-0.05, 0) is 24.5 Å². The Balaban J connectivity index is 2.38. The molecule has 0 bridgehead atoms. The van der Waals surface area contributed by atoms with E-state index >= 15 is 0 Å². The van der Waals surface area contributed by atoms with Gasteiger partial charge in [0.25, 0.3) is 0 Å². The van der Waals surface area contributed by atoms with Crippen LogP contribution < -0.4 is 0 Å². The maximum Gasteiger partial charge on any atom is 0.358 e.